The Kier molecular flexibility index (Phi) is 7.05. The van der Waals surface area contributed by atoms with E-state index in [0.29, 0.717) is 31.7 Å². The maximum atomic E-state index is 12.7. The van der Waals surface area contributed by atoms with Crippen LogP contribution in [-0.4, -0.2) is 45.0 Å². The van der Waals surface area contributed by atoms with Crippen LogP contribution in [0.25, 0.3) is 0 Å². The monoisotopic (exact) mass is 479 g/mol. The Balaban J connectivity index is 1.55. The fraction of sp³-hybridized carbons (Fsp3) is 0.300. The third-order valence-electron chi connectivity index (χ3n) is 4.79. The first-order valence-corrected chi connectivity index (χ1v) is 11.4. The summed E-state index contributed by atoms with van der Waals surface area (Å²) in [6.45, 7) is 0.597. The van der Waals surface area contributed by atoms with Gasteiger partial charge in [0, 0.05) is 29.0 Å². The first kappa shape index (κ1) is 21.5. The first-order valence-electron chi connectivity index (χ1n) is 9.13. The number of sulfonamides is 1. The van der Waals surface area contributed by atoms with Gasteiger partial charge in [-0.1, -0.05) is 28.1 Å². The van der Waals surface area contributed by atoms with E-state index in [4.69, 9.17) is 4.74 Å². The molecule has 0 spiro atoms. The third-order valence-corrected chi connectivity index (χ3v) is 7.23. The lowest BCUT2D eigenvalue weighted by Gasteiger charge is -2.30. The summed E-state index contributed by atoms with van der Waals surface area (Å²) in [4.78, 5) is 12.6. The summed E-state index contributed by atoms with van der Waals surface area (Å²) in [5.41, 5.74) is 3.30. The summed E-state index contributed by atoms with van der Waals surface area (Å²) in [7, 11) is -1.98. The fourth-order valence-electron chi connectivity index (χ4n) is 3.14. The van der Waals surface area contributed by atoms with Crippen LogP contribution in [0, 0.1) is 5.92 Å². The van der Waals surface area contributed by atoms with Crippen molar-refractivity contribution in [3.8, 4) is 5.75 Å². The molecule has 1 aliphatic heterocycles. The highest BCUT2D eigenvalue weighted by atomic mass is 79.9. The molecule has 154 valence electrons. The van der Waals surface area contributed by atoms with Crippen LogP contribution in [0.4, 0.5) is 0 Å². The molecule has 7 nitrogen and oxygen atoms in total. The van der Waals surface area contributed by atoms with Gasteiger partial charge in [0.2, 0.25) is 15.9 Å². The molecule has 0 aliphatic carbocycles. The maximum absolute atomic E-state index is 12.7. The molecule has 1 amide bonds. The zero-order valence-corrected chi connectivity index (χ0v) is 18.3. The lowest BCUT2D eigenvalue weighted by molar-refractivity contribution is -0.126. The minimum absolute atomic E-state index is 0.211. The van der Waals surface area contributed by atoms with Crippen LogP contribution in [-0.2, 0) is 14.8 Å². The van der Waals surface area contributed by atoms with Crippen LogP contribution in [0.15, 0.2) is 63.0 Å². The smallest absolute Gasteiger partial charge is 0.243 e. The van der Waals surface area contributed by atoms with Gasteiger partial charge in [0.25, 0.3) is 0 Å². The maximum Gasteiger partial charge on any atom is 0.243 e. The van der Waals surface area contributed by atoms with Crippen LogP contribution < -0.4 is 10.2 Å². The number of hydrogen-bond acceptors (Lipinski definition) is 5. The molecular formula is C20H22BrN3O4S. The third kappa shape index (κ3) is 5.23. The number of ether oxygens (including phenoxy) is 1. The Morgan fingerprint density at radius 1 is 1.17 bits per heavy atom. The van der Waals surface area contributed by atoms with Gasteiger partial charge in [0.1, 0.15) is 5.75 Å². The quantitative estimate of drug-likeness (QED) is 0.509. The average Bonchev–Trinajstić information content (AvgIpc) is 2.74. The summed E-state index contributed by atoms with van der Waals surface area (Å²) < 4.78 is 33.0. The first-order chi connectivity index (χ1) is 13.9. The van der Waals surface area contributed by atoms with E-state index in [1.165, 1.54) is 10.5 Å². The highest BCUT2D eigenvalue weighted by Gasteiger charge is 2.32. The number of amides is 1. The summed E-state index contributed by atoms with van der Waals surface area (Å²) in [6.07, 6.45) is 2.43. The molecule has 1 saturated heterocycles. The van der Waals surface area contributed by atoms with Crippen molar-refractivity contribution in [3.63, 3.8) is 0 Å². The number of nitrogens with one attached hydrogen (secondary N) is 1. The van der Waals surface area contributed by atoms with E-state index < -0.39 is 10.0 Å². The van der Waals surface area contributed by atoms with E-state index in [0.717, 1.165) is 10.0 Å². The average molecular weight is 480 g/mol. The van der Waals surface area contributed by atoms with Gasteiger partial charge in [-0.2, -0.15) is 9.41 Å². The van der Waals surface area contributed by atoms with E-state index in [1.54, 1.807) is 31.4 Å². The van der Waals surface area contributed by atoms with Gasteiger partial charge in [0.05, 0.1) is 18.2 Å². The molecule has 1 fully saturated rings. The van der Waals surface area contributed by atoms with Gasteiger partial charge >= 0.3 is 0 Å². The molecule has 3 rings (SSSR count). The van der Waals surface area contributed by atoms with Crippen molar-refractivity contribution in [1.82, 2.24) is 9.73 Å². The van der Waals surface area contributed by atoms with E-state index in [2.05, 4.69) is 26.5 Å². The normalized spacial score (nSPS) is 16.1. The Morgan fingerprint density at radius 2 is 1.83 bits per heavy atom. The second kappa shape index (κ2) is 9.51. The number of carbonyl (C=O) groups excluding carboxylic acids is 1. The van der Waals surface area contributed by atoms with E-state index >= 15 is 0 Å². The number of halogens is 1. The Hall–Kier alpha value is -2.23. The van der Waals surface area contributed by atoms with Crippen molar-refractivity contribution in [1.29, 1.82) is 0 Å². The molecule has 2 aromatic carbocycles. The van der Waals surface area contributed by atoms with Crippen molar-refractivity contribution in [2.24, 2.45) is 11.0 Å². The predicted octanol–water partition coefficient (Wildman–Crippen LogP) is 3.01. The molecule has 0 atom stereocenters. The molecule has 2 aromatic rings. The molecule has 9 heteroatoms. The molecule has 0 aromatic heterocycles. The molecule has 1 aliphatic rings. The Bertz CT molecular complexity index is 985. The second-order valence-corrected chi connectivity index (χ2v) is 9.46. The van der Waals surface area contributed by atoms with E-state index in [9.17, 15) is 13.2 Å². The number of hydrazone groups is 1. The molecule has 1 N–H and O–H groups in total. The van der Waals surface area contributed by atoms with Gasteiger partial charge < -0.3 is 4.74 Å². The van der Waals surface area contributed by atoms with Crippen LogP contribution in [0.5, 0.6) is 5.75 Å². The van der Waals surface area contributed by atoms with Gasteiger partial charge in [-0.05, 0) is 49.2 Å². The number of methoxy groups -OCH3 is 1. The van der Waals surface area contributed by atoms with Crippen molar-refractivity contribution in [2.75, 3.05) is 20.2 Å². The molecule has 29 heavy (non-hydrogen) atoms. The number of piperidine rings is 1. The summed E-state index contributed by atoms with van der Waals surface area (Å²) >= 11 is 3.30. The number of nitrogens with zero attached hydrogens (tertiary/aromatic N) is 2. The molecule has 0 saturated carbocycles. The molecule has 0 bridgehead atoms. The number of carbonyl (C=O) groups is 1. The summed E-state index contributed by atoms with van der Waals surface area (Å²) in [5, 5.41) is 4.01. The van der Waals surface area contributed by atoms with Crippen LogP contribution in [0.2, 0.25) is 0 Å². The van der Waals surface area contributed by atoms with E-state index in [-0.39, 0.29) is 16.7 Å². The van der Waals surface area contributed by atoms with Gasteiger partial charge in [0.15, 0.2) is 0 Å². The molecular weight excluding hydrogens is 458 g/mol. The highest BCUT2D eigenvalue weighted by Crippen LogP contribution is 2.25. The van der Waals surface area contributed by atoms with Gasteiger partial charge in [-0.3, -0.25) is 4.79 Å². The Labute approximate surface area is 178 Å². The zero-order valence-electron chi connectivity index (χ0n) is 15.9. The lowest BCUT2D eigenvalue weighted by atomic mass is 9.98. The van der Waals surface area contributed by atoms with Crippen LogP contribution >= 0.6 is 15.9 Å². The number of rotatable bonds is 6. The van der Waals surface area contributed by atoms with Crippen molar-refractivity contribution in [2.45, 2.75) is 17.7 Å². The molecule has 1 heterocycles. The van der Waals surface area contributed by atoms with Crippen molar-refractivity contribution in [3.05, 3.63) is 58.6 Å². The van der Waals surface area contributed by atoms with Crippen molar-refractivity contribution < 1.29 is 17.9 Å². The number of benzene rings is 2. The van der Waals surface area contributed by atoms with Gasteiger partial charge in [-0.15, -0.1) is 0 Å². The zero-order chi connectivity index (χ0) is 20.9. The van der Waals surface area contributed by atoms with Crippen LogP contribution in [0.3, 0.4) is 0 Å². The van der Waals surface area contributed by atoms with Crippen molar-refractivity contribution >= 4 is 38.1 Å². The standard InChI is InChI=1S/C20H22BrN3O4S/c1-28-19-5-3-2-4-16(19)14-22-23-20(25)15-10-12-24(13-11-15)29(26,27)18-8-6-17(21)7-9-18/h2-9,14-15H,10-13H2,1H3,(H,23,25)/b22-14-. The second-order valence-electron chi connectivity index (χ2n) is 6.61. The predicted molar refractivity (Wildman–Crippen MR) is 114 cm³/mol. The summed E-state index contributed by atoms with van der Waals surface area (Å²) in [6, 6.07) is 13.9. The summed E-state index contributed by atoms with van der Waals surface area (Å²) in [5.74, 6) is 0.176. The van der Waals surface area contributed by atoms with Gasteiger partial charge in [-0.25, -0.2) is 13.8 Å². The topological polar surface area (TPSA) is 88.1 Å². The minimum Gasteiger partial charge on any atom is -0.496 e. The SMILES string of the molecule is COc1ccccc1/C=N\NC(=O)C1CCN(S(=O)(=O)c2ccc(Br)cc2)CC1. The molecule has 0 radical (unpaired) electrons. The highest BCUT2D eigenvalue weighted by molar-refractivity contribution is 9.10. The lowest BCUT2D eigenvalue weighted by Crippen LogP contribution is -2.42. The minimum atomic E-state index is -3.55. The van der Waals surface area contributed by atoms with Crippen LogP contribution in [0.1, 0.15) is 18.4 Å². The van der Waals surface area contributed by atoms with E-state index in [1.807, 2.05) is 24.3 Å². The number of para-hydroxylation sites is 1. The largest absolute Gasteiger partial charge is 0.496 e. The molecule has 0 unspecified atom stereocenters. The number of hydrogen-bond donors (Lipinski definition) is 1. The Morgan fingerprint density at radius 3 is 2.48 bits per heavy atom. The fourth-order valence-corrected chi connectivity index (χ4v) is 4.88.